The van der Waals surface area contributed by atoms with Gasteiger partial charge in [-0.15, -0.1) is 0 Å². The van der Waals surface area contributed by atoms with E-state index in [1.54, 1.807) is 0 Å². The Morgan fingerprint density at radius 3 is 1.40 bits per heavy atom. The van der Waals surface area contributed by atoms with Gasteiger partial charge in [0.1, 0.15) is 11.5 Å². The first-order valence-electron chi connectivity index (χ1n) is 23.3. The molecule has 3 aliphatic rings. The van der Waals surface area contributed by atoms with Crippen molar-refractivity contribution in [3.63, 3.8) is 0 Å². The second-order valence-corrected chi connectivity index (χ2v) is 23.6. The van der Waals surface area contributed by atoms with Crippen molar-refractivity contribution in [1.29, 1.82) is 0 Å². The molecule has 1 saturated heterocycles. The van der Waals surface area contributed by atoms with Crippen molar-refractivity contribution in [1.82, 2.24) is 0 Å². The average Bonchev–Trinajstić information content (AvgIpc) is 3.89. The molecule has 6 nitrogen and oxygen atoms in total. The molecule has 1 fully saturated rings. The summed E-state index contributed by atoms with van der Waals surface area (Å²) in [6.45, 7) is 25.0. The summed E-state index contributed by atoms with van der Waals surface area (Å²) in [6, 6.07) is 57.4. The van der Waals surface area contributed by atoms with Crippen molar-refractivity contribution in [2.45, 2.75) is 109 Å². The van der Waals surface area contributed by atoms with Crippen LogP contribution in [0.3, 0.4) is 0 Å². The highest BCUT2D eigenvalue weighted by molar-refractivity contribution is 7.43. The topological polar surface area (TPSA) is 55.4 Å². The third-order valence-electron chi connectivity index (χ3n) is 13.6. The Hall–Kier alpha value is -5.48. The molecule has 0 N–H and O–H groups in total. The summed E-state index contributed by atoms with van der Waals surface area (Å²) >= 11 is 0. The number of para-hydroxylation sites is 2. The fourth-order valence-corrected chi connectivity index (χ4v) is 12.6. The number of hydrogen-bond donors (Lipinski definition) is 0. The van der Waals surface area contributed by atoms with Gasteiger partial charge in [-0.3, -0.25) is 9.05 Å². The van der Waals surface area contributed by atoms with Gasteiger partial charge in [-0.2, -0.15) is 0 Å². The normalized spacial score (nSPS) is 19.6. The highest BCUT2D eigenvalue weighted by Crippen LogP contribution is 2.73. The molecule has 10 rings (SSSR count). The Bertz CT molecular complexity index is 2900. The predicted octanol–water partition coefficient (Wildman–Crippen LogP) is 16.5. The lowest BCUT2D eigenvalue weighted by Gasteiger charge is -2.46. The van der Waals surface area contributed by atoms with Gasteiger partial charge in [-0.05, 0) is 79.5 Å². The molecule has 0 radical (unpaired) electrons. The van der Waals surface area contributed by atoms with Crippen LogP contribution in [0.15, 0.2) is 164 Å². The molecule has 0 aromatic heterocycles. The van der Waals surface area contributed by atoms with Gasteiger partial charge >= 0.3 is 17.2 Å². The Balaban J connectivity index is 1.32. The van der Waals surface area contributed by atoms with Gasteiger partial charge in [0.05, 0.1) is 0 Å². The second kappa shape index (κ2) is 16.3. The first-order valence-corrected chi connectivity index (χ1v) is 25.5. The third-order valence-corrected chi connectivity index (χ3v) is 15.8. The monoisotopic (exact) mass is 926 g/mol. The first-order chi connectivity index (χ1) is 31.8. The van der Waals surface area contributed by atoms with Crippen molar-refractivity contribution in [3.8, 4) is 34.1 Å². The van der Waals surface area contributed by atoms with Crippen molar-refractivity contribution >= 4 is 17.2 Å². The molecule has 2 bridgehead atoms. The highest BCUT2D eigenvalue weighted by Gasteiger charge is 2.68. The number of hydrogen-bond acceptors (Lipinski definition) is 6. The lowest BCUT2D eigenvalue weighted by Crippen LogP contribution is -2.50. The molecule has 0 saturated carbocycles. The molecular formula is C59H60O6P2. The van der Waals surface area contributed by atoms with E-state index in [0.717, 1.165) is 55.6 Å². The van der Waals surface area contributed by atoms with Crippen LogP contribution in [0, 0.1) is 0 Å². The van der Waals surface area contributed by atoms with Crippen LogP contribution >= 0.6 is 17.2 Å². The zero-order chi connectivity index (χ0) is 47.1. The molecule has 0 spiro atoms. The molecule has 3 heterocycles. The summed E-state index contributed by atoms with van der Waals surface area (Å²) in [7, 11) is -4.01. The second-order valence-electron chi connectivity index (χ2n) is 21.6. The van der Waals surface area contributed by atoms with Gasteiger partial charge in [0, 0.05) is 27.7 Å². The maximum Gasteiger partial charge on any atom is 0.530 e. The zero-order valence-electron chi connectivity index (χ0n) is 40.4. The Morgan fingerprint density at radius 2 is 0.881 bits per heavy atom. The average molecular weight is 927 g/mol. The Kier molecular flexibility index (Phi) is 11.1. The van der Waals surface area contributed by atoms with Gasteiger partial charge < -0.3 is 18.1 Å². The molecular weight excluding hydrogens is 867 g/mol. The van der Waals surface area contributed by atoms with Crippen LogP contribution in [-0.4, -0.2) is 0 Å². The van der Waals surface area contributed by atoms with E-state index in [1.165, 1.54) is 5.56 Å². The van der Waals surface area contributed by atoms with Crippen LogP contribution in [0.4, 0.5) is 0 Å². The van der Waals surface area contributed by atoms with Gasteiger partial charge in [-0.25, -0.2) is 0 Å². The van der Waals surface area contributed by atoms with Gasteiger partial charge in [0.2, 0.25) is 0 Å². The van der Waals surface area contributed by atoms with Crippen LogP contribution < -0.4 is 18.1 Å². The SMILES string of the molecule is CC(C)(C)c1cc(-c2cc(C(C)(C)C)cc3c2OP2OC(c4ccccc4)(c4ccccc4)C(c4ccccc4)(O2)c2ccccc2C3(C)C)c(OP2Oc3ccccc3O2)c(C(C)(C)C)c1. The summed E-state index contributed by atoms with van der Waals surface area (Å²) in [5, 5.41) is 0. The van der Waals surface area contributed by atoms with Crippen LogP contribution in [0.1, 0.15) is 126 Å². The number of fused-ring (bicyclic) bond motifs is 6. The van der Waals surface area contributed by atoms with E-state index in [4.69, 9.17) is 27.1 Å². The maximum atomic E-state index is 7.83. The summed E-state index contributed by atoms with van der Waals surface area (Å²) in [6.07, 6.45) is 0. The maximum absolute atomic E-state index is 7.83. The van der Waals surface area contributed by atoms with Crippen molar-refractivity contribution in [2.75, 3.05) is 0 Å². The molecule has 8 heteroatoms. The van der Waals surface area contributed by atoms with Gasteiger partial charge in [0.25, 0.3) is 0 Å². The summed E-state index contributed by atoms with van der Waals surface area (Å²) in [5.41, 5.74) is 7.23. The largest absolute Gasteiger partial charge is 0.530 e. The minimum absolute atomic E-state index is 0.218. The lowest BCUT2D eigenvalue weighted by atomic mass is 9.62. The van der Waals surface area contributed by atoms with E-state index in [0.29, 0.717) is 23.0 Å². The van der Waals surface area contributed by atoms with Crippen molar-refractivity contribution in [3.05, 3.63) is 214 Å². The summed E-state index contributed by atoms with van der Waals surface area (Å²) in [5.74, 6) is 2.70. The van der Waals surface area contributed by atoms with Crippen molar-refractivity contribution < 1.29 is 27.1 Å². The van der Waals surface area contributed by atoms with E-state index >= 15 is 0 Å². The Labute approximate surface area is 399 Å². The van der Waals surface area contributed by atoms with Gasteiger partial charge in [-0.1, -0.05) is 216 Å². The van der Waals surface area contributed by atoms with E-state index in [1.807, 2.05) is 24.3 Å². The minimum Gasteiger partial charge on any atom is -0.426 e. The molecule has 2 atom stereocenters. The van der Waals surface area contributed by atoms with E-state index in [-0.39, 0.29) is 16.2 Å². The zero-order valence-corrected chi connectivity index (χ0v) is 42.2. The number of rotatable bonds is 6. The van der Waals surface area contributed by atoms with E-state index < -0.39 is 33.8 Å². The fourth-order valence-electron chi connectivity index (χ4n) is 9.94. The molecule has 342 valence electrons. The Morgan fingerprint density at radius 1 is 0.433 bits per heavy atom. The highest BCUT2D eigenvalue weighted by atomic mass is 31.2. The van der Waals surface area contributed by atoms with Crippen LogP contribution in [0.2, 0.25) is 0 Å². The third kappa shape index (κ3) is 7.56. The van der Waals surface area contributed by atoms with E-state index in [9.17, 15) is 0 Å². The fraction of sp³-hybridized carbons (Fsp3) is 0.288. The van der Waals surface area contributed by atoms with Crippen LogP contribution in [0.25, 0.3) is 11.1 Å². The summed E-state index contributed by atoms with van der Waals surface area (Å²) in [4.78, 5) is 0. The molecule has 2 unspecified atom stereocenters. The standard InChI is InChI=1S/C59H60O6P2/c1-54(2,3)42-35-44(52(48(37-42)56(7,8)9)62-66-60-50-33-23-24-34-51(50)61-66)45-36-43(55(4,5)6)38-49-53(45)63-67-64-58(39-25-15-12-16-26-39,40-27-17-13-18-28-40)59(65-67,41-29-19-14-20-30-41)47-32-22-21-31-46(47)57(49,10)11/h12-38H,1-11H3. The lowest BCUT2D eigenvalue weighted by molar-refractivity contribution is 0.00259. The predicted molar refractivity (Wildman–Crippen MR) is 272 cm³/mol. The van der Waals surface area contributed by atoms with Crippen molar-refractivity contribution in [2.24, 2.45) is 0 Å². The first kappa shape index (κ1) is 45.3. The molecule has 7 aromatic rings. The summed E-state index contributed by atoms with van der Waals surface area (Å²) < 4.78 is 43.3. The molecule has 3 aliphatic heterocycles. The quantitative estimate of drug-likeness (QED) is 0.155. The van der Waals surface area contributed by atoms with E-state index in [2.05, 4.69) is 216 Å². The van der Waals surface area contributed by atoms with Crippen LogP contribution in [-0.2, 0) is 41.9 Å². The molecule has 67 heavy (non-hydrogen) atoms. The van der Waals surface area contributed by atoms with Gasteiger partial charge in [0.15, 0.2) is 22.7 Å². The minimum atomic E-state index is -2.16. The van der Waals surface area contributed by atoms with Crippen LogP contribution in [0.5, 0.6) is 23.0 Å². The smallest absolute Gasteiger partial charge is 0.426 e. The number of benzene rings is 7. The molecule has 0 amide bonds. The molecule has 0 aliphatic carbocycles. The molecule has 7 aromatic carbocycles.